The van der Waals surface area contributed by atoms with Crippen molar-refractivity contribution in [2.24, 2.45) is 0 Å². The van der Waals surface area contributed by atoms with Gasteiger partial charge in [0.05, 0.1) is 9.77 Å². The number of hydrogen-bond donors (Lipinski definition) is 1. The van der Waals surface area contributed by atoms with Crippen molar-refractivity contribution in [3.8, 4) is 0 Å². The Kier molecular flexibility index (Phi) is 4.69. The monoisotopic (exact) mass is 338 g/mol. The molecule has 2 rings (SSSR count). The molecule has 22 heavy (non-hydrogen) atoms. The maximum absolute atomic E-state index is 12.2. The molecular formula is C15H18N2O3S2. The molecule has 0 fully saturated rings. The molecular weight excluding hydrogens is 320 g/mol. The first kappa shape index (κ1) is 16.7. The van der Waals surface area contributed by atoms with Gasteiger partial charge in [0.25, 0.3) is 5.91 Å². The maximum atomic E-state index is 12.2. The summed E-state index contributed by atoms with van der Waals surface area (Å²) in [4.78, 5) is 12.7. The molecule has 0 atom stereocenters. The van der Waals surface area contributed by atoms with Gasteiger partial charge in [0.15, 0.2) is 0 Å². The van der Waals surface area contributed by atoms with Crippen molar-refractivity contribution >= 4 is 33.0 Å². The zero-order valence-electron chi connectivity index (χ0n) is 12.9. The van der Waals surface area contributed by atoms with Gasteiger partial charge in [0.1, 0.15) is 0 Å². The fraction of sp³-hybridized carbons (Fsp3) is 0.267. The molecule has 1 N–H and O–H groups in total. The van der Waals surface area contributed by atoms with E-state index in [1.165, 1.54) is 25.5 Å². The van der Waals surface area contributed by atoms with E-state index in [4.69, 9.17) is 0 Å². The molecule has 7 heteroatoms. The summed E-state index contributed by atoms with van der Waals surface area (Å²) in [7, 11) is -0.591. The lowest BCUT2D eigenvalue weighted by atomic mass is 10.1. The Morgan fingerprint density at radius 2 is 1.82 bits per heavy atom. The molecule has 5 nitrogen and oxygen atoms in total. The summed E-state index contributed by atoms with van der Waals surface area (Å²) in [5.74, 6) is -0.312. The van der Waals surface area contributed by atoms with Crippen LogP contribution in [0, 0.1) is 13.8 Å². The lowest BCUT2D eigenvalue weighted by Gasteiger charge is -2.08. The van der Waals surface area contributed by atoms with Crippen molar-refractivity contribution in [1.82, 2.24) is 4.31 Å². The molecule has 0 spiro atoms. The van der Waals surface area contributed by atoms with Crippen molar-refractivity contribution in [3.05, 3.63) is 45.6 Å². The Bertz CT molecular complexity index is 808. The number of thiophene rings is 1. The molecule has 0 aliphatic rings. The van der Waals surface area contributed by atoms with E-state index >= 15 is 0 Å². The topological polar surface area (TPSA) is 66.5 Å². The molecule has 1 aromatic heterocycles. The normalized spacial score (nSPS) is 11.7. The van der Waals surface area contributed by atoms with E-state index in [0.717, 1.165) is 26.8 Å². The second-order valence-corrected chi connectivity index (χ2v) is 8.25. The third-order valence-electron chi connectivity index (χ3n) is 3.34. The summed E-state index contributed by atoms with van der Waals surface area (Å²) >= 11 is 1.11. The van der Waals surface area contributed by atoms with E-state index in [9.17, 15) is 13.2 Å². The number of hydrogen-bond acceptors (Lipinski definition) is 4. The van der Waals surface area contributed by atoms with Gasteiger partial charge in [-0.15, -0.1) is 11.3 Å². The van der Waals surface area contributed by atoms with Gasteiger partial charge < -0.3 is 5.32 Å². The Morgan fingerprint density at radius 3 is 2.41 bits per heavy atom. The van der Waals surface area contributed by atoms with Crippen molar-refractivity contribution in [2.45, 2.75) is 18.7 Å². The largest absolute Gasteiger partial charge is 0.321 e. The summed E-state index contributed by atoms with van der Waals surface area (Å²) in [6.45, 7) is 3.97. The minimum Gasteiger partial charge on any atom is -0.321 e. The first-order valence-corrected chi connectivity index (χ1v) is 8.93. The fourth-order valence-corrected chi connectivity index (χ4v) is 3.85. The van der Waals surface area contributed by atoms with Crippen molar-refractivity contribution < 1.29 is 13.2 Å². The zero-order chi connectivity index (χ0) is 16.5. The van der Waals surface area contributed by atoms with Crippen LogP contribution in [0.4, 0.5) is 5.69 Å². The van der Waals surface area contributed by atoms with Crippen LogP contribution >= 0.6 is 11.3 Å². The molecule has 0 bridgehead atoms. The van der Waals surface area contributed by atoms with Crippen LogP contribution < -0.4 is 5.32 Å². The standard InChI is InChI=1S/C15H18N2O3S2/c1-10-5-6-12(7-11(10)2)16-15(18)14-8-13(9-21-14)22(19,20)17(3)4/h5-9H,1-4H3,(H,16,18). The highest BCUT2D eigenvalue weighted by Crippen LogP contribution is 2.23. The van der Waals surface area contributed by atoms with Gasteiger partial charge in [-0.05, 0) is 43.2 Å². The van der Waals surface area contributed by atoms with E-state index in [2.05, 4.69) is 5.32 Å². The first-order chi connectivity index (χ1) is 10.2. The number of nitrogens with zero attached hydrogens (tertiary/aromatic N) is 1. The van der Waals surface area contributed by atoms with Gasteiger partial charge in [-0.3, -0.25) is 4.79 Å². The minimum absolute atomic E-state index is 0.132. The fourth-order valence-electron chi connectivity index (χ4n) is 1.80. The molecule has 1 amide bonds. The second-order valence-electron chi connectivity index (χ2n) is 5.19. The number of nitrogens with one attached hydrogen (secondary N) is 1. The number of aryl methyl sites for hydroxylation is 2. The quantitative estimate of drug-likeness (QED) is 0.932. The predicted molar refractivity (Wildman–Crippen MR) is 89.1 cm³/mol. The van der Waals surface area contributed by atoms with E-state index in [0.29, 0.717) is 10.6 Å². The van der Waals surface area contributed by atoms with Crippen LogP contribution in [-0.2, 0) is 10.0 Å². The van der Waals surface area contributed by atoms with Crippen LogP contribution in [0.1, 0.15) is 20.8 Å². The molecule has 0 radical (unpaired) electrons. The van der Waals surface area contributed by atoms with Gasteiger partial charge in [0.2, 0.25) is 10.0 Å². The molecule has 118 valence electrons. The zero-order valence-corrected chi connectivity index (χ0v) is 14.5. The van der Waals surface area contributed by atoms with Gasteiger partial charge in [-0.2, -0.15) is 0 Å². The van der Waals surface area contributed by atoms with Crippen molar-refractivity contribution in [2.75, 3.05) is 19.4 Å². The van der Waals surface area contributed by atoms with Crippen LogP contribution in [0.5, 0.6) is 0 Å². The number of amides is 1. The smallest absolute Gasteiger partial charge is 0.265 e. The minimum atomic E-state index is -3.51. The lowest BCUT2D eigenvalue weighted by Crippen LogP contribution is -2.21. The average molecular weight is 338 g/mol. The van der Waals surface area contributed by atoms with Gasteiger partial charge in [0, 0.05) is 25.2 Å². The second kappa shape index (κ2) is 6.20. The molecule has 0 saturated carbocycles. The highest BCUT2D eigenvalue weighted by molar-refractivity contribution is 7.89. The third-order valence-corrected chi connectivity index (χ3v) is 6.21. The van der Waals surface area contributed by atoms with Crippen LogP contribution in [0.3, 0.4) is 0 Å². The molecule has 1 heterocycles. The predicted octanol–water partition coefficient (Wildman–Crippen LogP) is 2.87. The van der Waals surface area contributed by atoms with Gasteiger partial charge >= 0.3 is 0 Å². The molecule has 2 aromatic rings. The molecule has 0 aliphatic heterocycles. The Labute approximate surface area is 134 Å². The van der Waals surface area contributed by atoms with Crippen LogP contribution in [0.2, 0.25) is 0 Å². The Hall–Kier alpha value is -1.70. The van der Waals surface area contributed by atoms with E-state index in [-0.39, 0.29) is 10.8 Å². The summed E-state index contributed by atoms with van der Waals surface area (Å²) in [5.41, 5.74) is 2.92. The first-order valence-electron chi connectivity index (χ1n) is 6.61. The highest BCUT2D eigenvalue weighted by Gasteiger charge is 2.21. The number of carbonyl (C=O) groups excluding carboxylic acids is 1. The number of anilines is 1. The molecule has 0 unspecified atom stereocenters. The molecule has 0 saturated heterocycles. The highest BCUT2D eigenvalue weighted by atomic mass is 32.2. The SMILES string of the molecule is Cc1ccc(NC(=O)c2cc(S(=O)(=O)N(C)C)cs2)cc1C. The average Bonchev–Trinajstić information content (AvgIpc) is 2.93. The third kappa shape index (κ3) is 3.37. The molecule has 0 aliphatic carbocycles. The van der Waals surface area contributed by atoms with E-state index in [1.54, 1.807) is 0 Å². The van der Waals surface area contributed by atoms with Gasteiger partial charge in [-0.25, -0.2) is 12.7 Å². The Balaban J connectivity index is 2.21. The van der Waals surface area contributed by atoms with Crippen LogP contribution in [0.25, 0.3) is 0 Å². The van der Waals surface area contributed by atoms with Crippen LogP contribution in [0.15, 0.2) is 34.5 Å². The van der Waals surface area contributed by atoms with E-state index in [1.807, 2.05) is 32.0 Å². The van der Waals surface area contributed by atoms with Crippen molar-refractivity contribution in [1.29, 1.82) is 0 Å². The summed E-state index contributed by atoms with van der Waals surface area (Å²) < 4.78 is 25.1. The van der Waals surface area contributed by atoms with Gasteiger partial charge in [-0.1, -0.05) is 6.07 Å². The number of benzene rings is 1. The Morgan fingerprint density at radius 1 is 1.14 bits per heavy atom. The van der Waals surface area contributed by atoms with E-state index < -0.39 is 10.0 Å². The summed E-state index contributed by atoms with van der Waals surface area (Å²) in [6.07, 6.45) is 0. The summed E-state index contributed by atoms with van der Waals surface area (Å²) in [5, 5.41) is 4.26. The maximum Gasteiger partial charge on any atom is 0.265 e. The number of carbonyl (C=O) groups is 1. The van der Waals surface area contributed by atoms with Crippen LogP contribution in [-0.4, -0.2) is 32.7 Å². The lowest BCUT2D eigenvalue weighted by molar-refractivity contribution is 0.103. The molecule has 1 aromatic carbocycles. The number of sulfonamides is 1. The summed E-state index contributed by atoms with van der Waals surface area (Å²) in [6, 6.07) is 7.04. The van der Waals surface area contributed by atoms with Crippen molar-refractivity contribution in [3.63, 3.8) is 0 Å². The number of rotatable bonds is 4.